The van der Waals surface area contributed by atoms with Crippen molar-refractivity contribution in [3.8, 4) is 5.88 Å². The number of benzene rings is 1. The first-order valence-corrected chi connectivity index (χ1v) is 14.7. The predicted octanol–water partition coefficient (Wildman–Crippen LogP) is 2.37. The normalized spacial score (nSPS) is 19.3. The van der Waals surface area contributed by atoms with E-state index in [1.54, 1.807) is 24.3 Å². The van der Waals surface area contributed by atoms with E-state index < -0.39 is 28.6 Å². The van der Waals surface area contributed by atoms with Gasteiger partial charge in [0.2, 0.25) is 11.7 Å². The summed E-state index contributed by atoms with van der Waals surface area (Å²) in [6, 6.07) is 8.17. The van der Waals surface area contributed by atoms with Gasteiger partial charge in [-0.25, -0.2) is 9.78 Å². The summed E-state index contributed by atoms with van der Waals surface area (Å²) < 4.78 is 5.97. The van der Waals surface area contributed by atoms with Crippen molar-refractivity contribution in [1.29, 1.82) is 0 Å². The van der Waals surface area contributed by atoms with E-state index in [0.29, 0.717) is 5.41 Å². The smallest absolute Gasteiger partial charge is 0.353 e. The number of amides is 1. The van der Waals surface area contributed by atoms with Crippen LogP contribution < -0.4 is 33.0 Å². The molecule has 2 bridgehead atoms. The second-order valence-corrected chi connectivity index (χ2v) is 11.9. The van der Waals surface area contributed by atoms with Crippen LogP contribution in [-0.2, 0) is 22.6 Å². The van der Waals surface area contributed by atoms with E-state index in [0.717, 1.165) is 72.9 Å². The van der Waals surface area contributed by atoms with Gasteiger partial charge in [0.25, 0.3) is 16.8 Å². The molecule has 3 aliphatic rings. The third kappa shape index (κ3) is 7.26. The van der Waals surface area contributed by atoms with Crippen LogP contribution in [0, 0.1) is 10.8 Å². The van der Waals surface area contributed by atoms with Crippen molar-refractivity contribution >= 4 is 47.4 Å². The number of nitrogens with two attached hydrogens (primary N) is 2. The van der Waals surface area contributed by atoms with Gasteiger partial charge in [0.05, 0.1) is 18.7 Å². The summed E-state index contributed by atoms with van der Waals surface area (Å²) in [5.41, 5.74) is 11.2. The van der Waals surface area contributed by atoms with E-state index in [4.69, 9.17) is 16.2 Å². The molecule has 258 valence electrons. The fourth-order valence-electron chi connectivity index (χ4n) is 6.22. The van der Waals surface area contributed by atoms with E-state index in [1.165, 1.54) is 7.11 Å². The number of halogens is 1. The molecule has 2 aromatic carbocycles. The molecule has 4 aromatic rings. The zero-order valence-corrected chi connectivity index (χ0v) is 26.4. The summed E-state index contributed by atoms with van der Waals surface area (Å²) in [6.45, 7) is 1.15. The van der Waals surface area contributed by atoms with Gasteiger partial charge in [-0.2, -0.15) is 4.98 Å². The minimum Gasteiger partial charge on any atom is -0.492 e. The minimum absolute atomic E-state index is 0. The quantitative estimate of drug-likeness (QED) is 0.110. The van der Waals surface area contributed by atoms with Gasteiger partial charge in [-0.1, -0.05) is 31.7 Å². The molecule has 2 heterocycles. The highest BCUT2D eigenvalue weighted by Crippen LogP contribution is 2.56. The summed E-state index contributed by atoms with van der Waals surface area (Å²) in [6.07, 6.45) is 7.37. The SMILES string of the molecule is C.COC(=O)C12CCC(CN)(CC1)CC2.Cl.Nc1c(NCc2cccc(CNC(=O)c3cc(C(=O)O)n4cc(O)nc4n3)c2)c(=O)c1=O. The number of anilines is 2. The lowest BCUT2D eigenvalue weighted by atomic mass is 9.54. The van der Waals surface area contributed by atoms with Crippen LogP contribution in [0.1, 0.15) is 78.1 Å². The number of methoxy groups -OCH3 is 1. The van der Waals surface area contributed by atoms with Gasteiger partial charge in [0.15, 0.2) is 0 Å². The topological polar surface area (TPSA) is 241 Å². The van der Waals surface area contributed by atoms with Crippen LogP contribution in [0.3, 0.4) is 0 Å². The van der Waals surface area contributed by atoms with Crippen molar-refractivity contribution < 1.29 is 29.3 Å². The Hall–Kier alpha value is -5.02. The maximum atomic E-state index is 12.5. The van der Waals surface area contributed by atoms with Crippen LogP contribution >= 0.6 is 12.4 Å². The number of ether oxygens (including phenoxy) is 1. The molecule has 0 spiro atoms. The fourth-order valence-corrected chi connectivity index (χ4v) is 6.22. The Morgan fingerprint density at radius 3 is 2.19 bits per heavy atom. The molecule has 2 aromatic heterocycles. The maximum Gasteiger partial charge on any atom is 0.353 e. The molecule has 3 fully saturated rings. The molecule has 0 radical (unpaired) electrons. The Kier molecular flexibility index (Phi) is 11.6. The van der Waals surface area contributed by atoms with Crippen LogP contribution in [0.25, 0.3) is 5.78 Å². The van der Waals surface area contributed by atoms with Gasteiger partial charge < -0.3 is 37.1 Å². The molecule has 1 amide bonds. The molecule has 3 saturated carbocycles. The average Bonchev–Trinajstić information content (AvgIpc) is 3.47. The summed E-state index contributed by atoms with van der Waals surface area (Å²) in [5, 5.41) is 24.3. The summed E-state index contributed by atoms with van der Waals surface area (Å²) in [5.74, 6) is -2.49. The summed E-state index contributed by atoms with van der Waals surface area (Å²) in [7, 11) is 1.50. The molecule has 7 rings (SSSR count). The Morgan fingerprint density at radius 2 is 1.62 bits per heavy atom. The third-order valence-electron chi connectivity index (χ3n) is 9.19. The Labute approximate surface area is 281 Å². The first kappa shape index (κ1) is 37.4. The van der Waals surface area contributed by atoms with E-state index in [9.17, 15) is 34.2 Å². The fraction of sp³-hybridized carbons (Fsp3) is 0.406. The van der Waals surface area contributed by atoms with Crippen LogP contribution in [0.4, 0.5) is 11.4 Å². The lowest BCUT2D eigenvalue weighted by molar-refractivity contribution is -0.162. The zero-order chi connectivity index (χ0) is 33.2. The van der Waals surface area contributed by atoms with Crippen LogP contribution in [-0.4, -0.2) is 56.1 Å². The minimum atomic E-state index is -1.31. The summed E-state index contributed by atoms with van der Waals surface area (Å²) >= 11 is 0. The van der Waals surface area contributed by atoms with Crippen LogP contribution in [0.5, 0.6) is 5.88 Å². The van der Waals surface area contributed by atoms with Crippen molar-refractivity contribution in [2.75, 3.05) is 24.7 Å². The number of nitrogen functional groups attached to an aromatic ring is 1. The molecule has 0 unspecified atom stereocenters. The van der Waals surface area contributed by atoms with Crippen molar-refractivity contribution in [1.82, 2.24) is 19.7 Å². The molecule has 16 heteroatoms. The number of rotatable bonds is 9. The molecular weight excluding hydrogens is 646 g/mol. The lowest BCUT2D eigenvalue weighted by Gasteiger charge is -2.51. The van der Waals surface area contributed by atoms with Crippen molar-refractivity contribution in [3.05, 3.63) is 79.5 Å². The van der Waals surface area contributed by atoms with Crippen molar-refractivity contribution in [2.45, 2.75) is 59.0 Å². The number of fused-ring (bicyclic) bond motifs is 4. The van der Waals surface area contributed by atoms with Crippen LogP contribution in [0.15, 0.2) is 46.1 Å². The van der Waals surface area contributed by atoms with E-state index >= 15 is 0 Å². The first-order chi connectivity index (χ1) is 21.9. The highest BCUT2D eigenvalue weighted by Gasteiger charge is 2.52. The second-order valence-electron chi connectivity index (χ2n) is 11.9. The van der Waals surface area contributed by atoms with E-state index in [1.807, 2.05) is 0 Å². The highest BCUT2D eigenvalue weighted by atomic mass is 35.5. The molecule has 0 saturated heterocycles. The molecule has 15 nitrogen and oxygen atoms in total. The van der Waals surface area contributed by atoms with Gasteiger partial charge in [-0.05, 0) is 61.6 Å². The Balaban J connectivity index is 0.000000329. The number of carbonyl (C=O) groups excluding carboxylic acids is 2. The molecule has 3 aliphatic carbocycles. The number of carbonyl (C=O) groups is 3. The Bertz CT molecular complexity index is 1870. The number of aromatic nitrogens is 3. The number of esters is 1. The Morgan fingerprint density at radius 1 is 1.00 bits per heavy atom. The number of hydrogen-bond acceptors (Lipinski definition) is 12. The maximum absolute atomic E-state index is 12.5. The summed E-state index contributed by atoms with van der Waals surface area (Å²) in [4.78, 5) is 66.0. The molecule has 0 atom stereocenters. The van der Waals surface area contributed by atoms with Gasteiger partial charge >= 0.3 is 11.9 Å². The monoisotopic (exact) mass is 685 g/mol. The number of carboxylic acids is 1. The van der Waals surface area contributed by atoms with E-state index in [2.05, 4.69) is 20.6 Å². The number of nitrogens with zero attached hydrogens (tertiary/aromatic N) is 3. The first-order valence-electron chi connectivity index (χ1n) is 14.7. The van der Waals surface area contributed by atoms with Crippen molar-refractivity contribution in [2.24, 2.45) is 16.6 Å². The van der Waals surface area contributed by atoms with Gasteiger partial charge in [0.1, 0.15) is 22.8 Å². The van der Waals surface area contributed by atoms with Crippen molar-refractivity contribution in [3.63, 3.8) is 0 Å². The van der Waals surface area contributed by atoms with Crippen LogP contribution in [0.2, 0.25) is 0 Å². The third-order valence-corrected chi connectivity index (χ3v) is 9.19. The standard InChI is InChI=1S/C20H16N6O6.C11H19NO2.CH4.ClH/c21-14-15(17(29)16(14)28)22-6-9-2-1-3-10(4-9)7-23-18(30)11-5-12(19(31)32)26-8-13(27)25-20(26)24-11;1-14-9(13)11-5-2-10(8-12,3-6-11)4-7-11;;/h1-5,8,22,27H,6-7,21H2,(H,23,30)(H,31,32);2-8,12H2,1H3;1H4;1H. The number of imidazole rings is 1. The molecule has 48 heavy (non-hydrogen) atoms. The lowest BCUT2D eigenvalue weighted by Crippen LogP contribution is -2.49. The molecule has 0 aliphatic heterocycles. The predicted molar refractivity (Wildman–Crippen MR) is 180 cm³/mol. The molecular formula is C32H40ClN7O8. The van der Waals surface area contributed by atoms with Gasteiger partial charge in [-0.15, -0.1) is 12.4 Å². The number of carboxylic acid groups (broad SMARTS) is 1. The second kappa shape index (κ2) is 14.8. The highest BCUT2D eigenvalue weighted by molar-refractivity contribution is 5.96. The molecule has 8 N–H and O–H groups in total. The van der Waals surface area contributed by atoms with Gasteiger partial charge in [0, 0.05) is 19.2 Å². The van der Waals surface area contributed by atoms with E-state index in [-0.39, 0.29) is 72.8 Å². The largest absolute Gasteiger partial charge is 0.492 e. The average molecular weight is 686 g/mol. The number of nitrogens with one attached hydrogen (secondary N) is 2. The number of hydrogen-bond donors (Lipinski definition) is 6. The number of aromatic hydroxyl groups is 1. The number of aromatic carboxylic acids is 1. The van der Waals surface area contributed by atoms with Gasteiger partial charge in [-0.3, -0.25) is 23.6 Å². The zero-order valence-electron chi connectivity index (χ0n) is 25.6.